The third-order valence-electron chi connectivity index (χ3n) is 4.92. The van der Waals surface area contributed by atoms with Gasteiger partial charge in [-0.15, -0.1) is 0 Å². The molecule has 4 nitrogen and oxygen atoms in total. The molecule has 1 aromatic carbocycles. The lowest BCUT2D eigenvalue weighted by Crippen LogP contribution is -2.27. The second-order valence-electron chi connectivity index (χ2n) is 6.49. The fourth-order valence-corrected chi connectivity index (χ4v) is 3.36. The van der Waals surface area contributed by atoms with Gasteiger partial charge >= 0.3 is 0 Å². The number of carbonyl (C=O) groups excluding carboxylic acids is 1. The van der Waals surface area contributed by atoms with Gasteiger partial charge in [0.1, 0.15) is 0 Å². The molecule has 0 radical (unpaired) electrons. The summed E-state index contributed by atoms with van der Waals surface area (Å²) < 4.78 is 1.89. The van der Waals surface area contributed by atoms with Crippen molar-refractivity contribution < 1.29 is 4.79 Å². The summed E-state index contributed by atoms with van der Waals surface area (Å²) in [5, 5.41) is 4.80. The smallest absolute Gasteiger partial charge is 0.170 e. The van der Waals surface area contributed by atoms with Gasteiger partial charge in [-0.3, -0.25) is 9.78 Å². The van der Waals surface area contributed by atoms with E-state index >= 15 is 0 Å². The van der Waals surface area contributed by atoms with Crippen molar-refractivity contribution in [1.82, 2.24) is 14.8 Å². The van der Waals surface area contributed by atoms with Crippen LogP contribution in [-0.4, -0.2) is 20.5 Å². The van der Waals surface area contributed by atoms with E-state index in [1.807, 2.05) is 54.1 Å². The molecule has 0 amide bonds. The van der Waals surface area contributed by atoms with Crippen molar-refractivity contribution in [2.75, 3.05) is 0 Å². The lowest BCUT2D eigenvalue weighted by atomic mass is 9.78. The summed E-state index contributed by atoms with van der Waals surface area (Å²) >= 11 is 0. The number of nitrogens with zero attached hydrogens (tertiary/aromatic N) is 3. The zero-order chi connectivity index (χ0) is 16.7. The van der Waals surface area contributed by atoms with Gasteiger partial charge < -0.3 is 0 Å². The highest BCUT2D eigenvalue weighted by molar-refractivity contribution is 6.05. The maximum atomic E-state index is 13.0. The van der Waals surface area contributed by atoms with Crippen molar-refractivity contribution in [1.29, 1.82) is 0 Å². The van der Waals surface area contributed by atoms with Crippen LogP contribution in [0.2, 0.25) is 0 Å². The Bertz CT molecular complexity index is 884. The van der Waals surface area contributed by atoms with Crippen LogP contribution in [0.25, 0.3) is 16.9 Å². The summed E-state index contributed by atoms with van der Waals surface area (Å²) in [6, 6.07) is 13.8. The largest absolute Gasteiger partial charge is 0.294 e. The first kappa shape index (κ1) is 14.8. The fourth-order valence-electron chi connectivity index (χ4n) is 3.36. The number of carbonyl (C=O) groups is 1. The number of fused-ring (bicyclic) bond motifs is 1. The minimum absolute atomic E-state index is 0.0151. The molecule has 0 saturated carbocycles. The van der Waals surface area contributed by atoms with Gasteiger partial charge in [-0.05, 0) is 36.6 Å². The van der Waals surface area contributed by atoms with Crippen LogP contribution in [0.5, 0.6) is 0 Å². The molecule has 0 spiro atoms. The van der Waals surface area contributed by atoms with Gasteiger partial charge in [0, 0.05) is 23.9 Å². The first-order valence-corrected chi connectivity index (χ1v) is 8.28. The predicted molar refractivity (Wildman–Crippen MR) is 93.2 cm³/mol. The summed E-state index contributed by atoms with van der Waals surface area (Å²) in [5.41, 5.74) is 4.39. The van der Waals surface area contributed by atoms with E-state index in [2.05, 4.69) is 11.9 Å². The summed E-state index contributed by atoms with van der Waals surface area (Å²) in [5.74, 6) is 0.511. The number of aromatic nitrogens is 3. The standard InChI is InChI=1S/C20H19N3O/c1-13-11-17-18(20(24)14(13)2)19(15-7-6-10-21-12-15)23(22-17)16-8-4-3-5-9-16/h3-10,12-14H,11H2,1-2H3. The molecule has 1 aliphatic rings. The molecule has 24 heavy (non-hydrogen) atoms. The zero-order valence-electron chi connectivity index (χ0n) is 13.8. The topological polar surface area (TPSA) is 47.8 Å². The van der Waals surface area contributed by atoms with E-state index in [0.717, 1.165) is 34.6 Å². The number of pyridine rings is 1. The summed E-state index contributed by atoms with van der Waals surface area (Å²) in [6.45, 7) is 4.14. The van der Waals surface area contributed by atoms with E-state index in [1.54, 1.807) is 12.4 Å². The second kappa shape index (κ2) is 5.71. The van der Waals surface area contributed by atoms with Crippen LogP contribution in [0.3, 0.4) is 0 Å². The monoisotopic (exact) mass is 317 g/mol. The number of Topliss-reactive ketones (excluding diaryl/α,β-unsaturated/α-hetero) is 1. The van der Waals surface area contributed by atoms with Crippen LogP contribution in [-0.2, 0) is 6.42 Å². The van der Waals surface area contributed by atoms with Gasteiger partial charge in [0.05, 0.1) is 22.6 Å². The van der Waals surface area contributed by atoms with E-state index in [1.165, 1.54) is 0 Å². The molecule has 2 aromatic heterocycles. The van der Waals surface area contributed by atoms with Gasteiger partial charge in [-0.2, -0.15) is 5.10 Å². The Hall–Kier alpha value is -2.75. The molecule has 0 bridgehead atoms. The zero-order valence-corrected chi connectivity index (χ0v) is 13.8. The van der Waals surface area contributed by atoms with Crippen molar-refractivity contribution in [2.24, 2.45) is 11.8 Å². The number of benzene rings is 1. The molecule has 4 rings (SSSR count). The van der Waals surface area contributed by atoms with E-state index in [0.29, 0.717) is 5.92 Å². The van der Waals surface area contributed by atoms with Gasteiger partial charge in [0.15, 0.2) is 5.78 Å². The third-order valence-corrected chi connectivity index (χ3v) is 4.92. The average Bonchev–Trinajstić information content (AvgIpc) is 3.00. The molecule has 2 heterocycles. The number of rotatable bonds is 2. The molecule has 0 fully saturated rings. The highest BCUT2D eigenvalue weighted by atomic mass is 16.1. The van der Waals surface area contributed by atoms with Crippen LogP contribution < -0.4 is 0 Å². The van der Waals surface area contributed by atoms with Gasteiger partial charge in [0.2, 0.25) is 0 Å². The third kappa shape index (κ3) is 2.26. The van der Waals surface area contributed by atoms with Crippen molar-refractivity contribution >= 4 is 5.78 Å². The van der Waals surface area contributed by atoms with Crippen molar-refractivity contribution in [3.8, 4) is 16.9 Å². The van der Waals surface area contributed by atoms with Crippen molar-refractivity contribution in [3.63, 3.8) is 0 Å². The number of hydrogen-bond donors (Lipinski definition) is 0. The Kier molecular flexibility index (Phi) is 3.53. The Morgan fingerprint density at radius 1 is 1.08 bits per heavy atom. The second-order valence-corrected chi connectivity index (χ2v) is 6.49. The van der Waals surface area contributed by atoms with Crippen LogP contribution in [0.4, 0.5) is 0 Å². The van der Waals surface area contributed by atoms with Crippen LogP contribution in [0.1, 0.15) is 29.9 Å². The van der Waals surface area contributed by atoms with Crippen LogP contribution in [0.15, 0.2) is 54.9 Å². The predicted octanol–water partition coefficient (Wildman–Crippen LogP) is 3.95. The highest BCUT2D eigenvalue weighted by Crippen LogP contribution is 2.37. The summed E-state index contributed by atoms with van der Waals surface area (Å²) in [6.07, 6.45) is 4.37. The molecule has 120 valence electrons. The maximum absolute atomic E-state index is 13.0. The Morgan fingerprint density at radius 2 is 1.88 bits per heavy atom. The molecule has 1 aliphatic carbocycles. The highest BCUT2D eigenvalue weighted by Gasteiger charge is 2.36. The number of ketones is 1. The molecule has 2 unspecified atom stereocenters. The van der Waals surface area contributed by atoms with E-state index < -0.39 is 0 Å². The summed E-state index contributed by atoms with van der Waals surface area (Å²) in [7, 11) is 0. The maximum Gasteiger partial charge on any atom is 0.170 e. The van der Waals surface area contributed by atoms with Crippen molar-refractivity contribution in [2.45, 2.75) is 20.3 Å². The fraction of sp³-hybridized carbons (Fsp3) is 0.250. The average molecular weight is 317 g/mol. The molecular formula is C20H19N3O. The minimum Gasteiger partial charge on any atom is -0.294 e. The molecule has 0 saturated heterocycles. The molecule has 2 atom stereocenters. The molecule has 4 heteroatoms. The Balaban J connectivity index is 2.01. The van der Waals surface area contributed by atoms with Gasteiger partial charge in [-0.1, -0.05) is 32.0 Å². The van der Waals surface area contributed by atoms with E-state index in [-0.39, 0.29) is 11.7 Å². The Morgan fingerprint density at radius 3 is 2.58 bits per heavy atom. The number of para-hydroxylation sites is 1. The summed E-state index contributed by atoms with van der Waals surface area (Å²) in [4.78, 5) is 17.2. The van der Waals surface area contributed by atoms with Crippen LogP contribution >= 0.6 is 0 Å². The number of hydrogen-bond acceptors (Lipinski definition) is 3. The molecular weight excluding hydrogens is 298 g/mol. The Labute approximate surface area is 141 Å². The van der Waals surface area contributed by atoms with Crippen LogP contribution in [0, 0.1) is 11.8 Å². The normalized spacial score (nSPS) is 20.0. The van der Waals surface area contributed by atoms with Gasteiger partial charge in [-0.25, -0.2) is 4.68 Å². The minimum atomic E-state index is 0.0151. The molecule has 3 aromatic rings. The quantitative estimate of drug-likeness (QED) is 0.719. The molecule has 0 aliphatic heterocycles. The lowest BCUT2D eigenvalue weighted by Gasteiger charge is -2.23. The van der Waals surface area contributed by atoms with Gasteiger partial charge in [0.25, 0.3) is 0 Å². The first-order valence-electron chi connectivity index (χ1n) is 8.28. The van der Waals surface area contributed by atoms with Crippen molar-refractivity contribution in [3.05, 3.63) is 66.1 Å². The lowest BCUT2D eigenvalue weighted by molar-refractivity contribution is 0.0877. The molecule has 0 N–H and O–H groups in total. The van der Waals surface area contributed by atoms with E-state index in [4.69, 9.17) is 5.10 Å². The first-order chi connectivity index (χ1) is 11.7. The SMILES string of the molecule is CC1Cc2nn(-c3ccccc3)c(-c3cccnc3)c2C(=O)C1C. The van der Waals surface area contributed by atoms with E-state index in [9.17, 15) is 4.79 Å².